The highest BCUT2D eigenvalue weighted by Crippen LogP contribution is 2.16. The first kappa shape index (κ1) is 15.6. The average molecular weight is 298 g/mol. The van der Waals surface area contributed by atoms with Gasteiger partial charge in [0.2, 0.25) is 0 Å². The Balaban J connectivity index is 1.89. The van der Waals surface area contributed by atoms with E-state index in [9.17, 15) is 9.59 Å². The molecule has 2 aromatic carbocycles. The highest BCUT2D eigenvalue weighted by molar-refractivity contribution is 5.95. The van der Waals surface area contributed by atoms with Gasteiger partial charge < -0.3 is 15.8 Å². The van der Waals surface area contributed by atoms with Crippen molar-refractivity contribution >= 4 is 11.8 Å². The Morgan fingerprint density at radius 3 is 2.50 bits per heavy atom. The molecule has 0 atom stereocenters. The molecule has 114 valence electrons. The molecular weight excluding hydrogens is 280 g/mol. The largest absolute Gasteiger partial charge is 0.483 e. The number of hydrogen-bond donors (Lipinski definition) is 2. The Labute approximate surface area is 129 Å². The maximum atomic E-state index is 11.8. The van der Waals surface area contributed by atoms with E-state index in [2.05, 4.69) is 5.32 Å². The fraction of sp³-hybridized carbons (Fsp3) is 0.176. The van der Waals surface area contributed by atoms with Crippen LogP contribution in [0.15, 0.2) is 48.5 Å². The van der Waals surface area contributed by atoms with Gasteiger partial charge in [-0.15, -0.1) is 0 Å². The molecule has 5 heteroatoms. The van der Waals surface area contributed by atoms with E-state index >= 15 is 0 Å². The molecule has 2 rings (SSSR count). The number of aryl methyl sites for hydroxylation is 1. The first-order valence-electron chi connectivity index (χ1n) is 6.91. The SMILES string of the molecule is Cc1ccccc1CNC(=O)COc1ccccc1C(N)=O. The van der Waals surface area contributed by atoms with Gasteiger partial charge >= 0.3 is 0 Å². The molecule has 0 unspecified atom stereocenters. The van der Waals surface area contributed by atoms with Crippen molar-refractivity contribution in [3.63, 3.8) is 0 Å². The summed E-state index contributed by atoms with van der Waals surface area (Å²) < 4.78 is 5.37. The molecule has 3 N–H and O–H groups in total. The lowest BCUT2D eigenvalue weighted by Gasteiger charge is -2.10. The van der Waals surface area contributed by atoms with Crippen LogP contribution < -0.4 is 15.8 Å². The Hall–Kier alpha value is -2.82. The summed E-state index contributed by atoms with van der Waals surface area (Å²) in [5.41, 5.74) is 7.67. The summed E-state index contributed by atoms with van der Waals surface area (Å²) in [5.74, 6) is -0.542. The fourth-order valence-corrected chi connectivity index (χ4v) is 1.99. The van der Waals surface area contributed by atoms with Crippen LogP contribution in [0, 0.1) is 6.92 Å². The van der Waals surface area contributed by atoms with E-state index in [-0.39, 0.29) is 18.1 Å². The van der Waals surface area contributed by atoms with Crippen molar-refractivity contribution < 1.29 is 14.3 Å². The number of para-hydroxylation sites is 1. The van der Waals surface area contributed by atoms with Crippen LogP contribution in [0.25, 0.3) is 0 Å². The Morgan fingerprint density at radius 2 is 1.77 bits per heavy atom. The number of benzene rings is 2. The second kappa shape index (κ2) is 7.26. The zero-order valence-corrected chi connectivity index (χ0v) is 12.3. The minimum atomic E-state index is -0.587. The standard InChI is InChI=1S/C17H18N2O3/c1-12-6-2-3-7-13(12)10-19-16(20)11-22-15-9-5-4-8-14(15)17(18)21/h2-9H,10-11H2,1H3,(H2,18,21)(H,19,20). The molecule has 0 aliphatic carbocycles. The second-order valence-electron chi connectivity index (χ2n) is 4.85. The lowest BCUT2D eigenvalue weighted by Crippen LogP contribution is -2.29. The lowest BCUT2D eigenvalue weighted by molar-refractivity contribution is -0.123. The summed E-state index contributed by atoms with van der Waals surface area (Å²) in [6.45, 7) is 2.25. The fourth-order valence-electron chi connectivity index (χ4n) is 1.99. The molecule has 0 aromatic heterocycles. The van der Waals surface area contributed by atoms with E-state index in [1.54, 1.807) is 24.3 Å². The number of nitrogens with one attached hydrogen (secondary N) is 1. The van der Waals surface area contributed by atoms with Gasteiger partial charge in [0.15, 0.2) is 6.61 Å². The number of amides is 2. The molecule has 0 spiro atoms. The average Bonchev–Trinajstić information content (AvgIpc) is 2.52. The molecule has 0 aliphatic rings. The number of ether oxygens (including phenoxy) is 1. The van der Waals surface area contributed by atoms with Gasteiger partial charge in [-0.1, -0.05) is 36.4 Å². The third-order valence-electron chi connectivity index (χ3n) is 3.25. The predicted molar refractivity (Wildman–Crippen MR) is 83.5 cm³/mol. The maximum absolute atomic E-state index is 11.8. The monoisotopic (exact) mass is 298 g/mol. The van der Waals surface area contributed by atoms with Gasteiger partial charge in [-0.25, -0.2) is 0 Å². The van der Waals surface area contributed by atoms with Crippen molar-refractivity contribution in [2.45, 2.75) is 13.5 Å². The van der Waals surface area contributed by atoms with Crippen LogP contribution >= 0.6 is 0 Å². The summed E-state index contributed by atoms with van der Waals surface area (Å²) in [7, 11) is 0. The Bertz CT molecular complexity index is 683. The highest BCUT2D eigenvalue weighted by atomic mass is 16.5. The number of carbonyl (C=O) groups excluding carboxylic acids is 2. The topological polar surface area (TPSA) is 81.4 Å². The molecular formula is C17H18N2O3. The zero-order valence-electron chi connectivity index (χ0n) is 12.3. The molecule has 0 saturated heterocycles. The van der Waals surface area contributed by atoms with Crippen LogP contribution in [0.3, 0.4) is 0 Å². The van der Waals surface area contributed by atoms with E-state index in [0.717, 1.165) is 11.1 Å². The normalized spacial score (nSPS) is 10.0. The van der Waals surface area contributed by atoms with Crippen LogP contribution in [0.4, 0.5) is 0 Å². The number of nitrogens with two attached hydrogens (primary N) is 1. The number of carbonyl (C=O) groups is 2. The molecule has 0 bridgehead atoms. The molecule has 5 nitrogen and oxygen atoms in total. The van der Waals surface area contributed by atoms with E-state index in [1.807, 2.05) is 31.2 Å². The van der Waals surface area contributed by atoms with Crippen molar-refractivity contribution in [3.8, 4) is 5.75 Å². The number of rotatable bonds is 6. The maximum Gasteiger partial charge on any atom is 0.258 e. The van der Waals surface area contributed by atoms with Crippen LogP contribution in [-0.2, 0) is 11.3 Å². The van der Waals surface area contributed by atoms with Crippen molar-refractivity contribution in [2.24, 2.45) is 5.73 Å². The molecule has 2 aromatic rings. The summed E-state index contributed by atoms with van der Waals surface area (Å²) in [4.78, 5) is 23.1. The first-order chi connectivity index (χ1) is 10.6. The van der Waals surface area contributed by atoms with E-state index < -0.39 is 5.91 Å². The van der Waals surface area contributed by atoms with Crippen LogP contribution in [0.2, 0.25) is 0 Å². The molecule has 0 fully saturated rings. The predicted octanol–water partition coefficient (Wildman–Crippen LogP) is 1.79. The van der Waals surface area contributed by atoms with Crippen molar-refractivity contribution in [3.05, 3.63) is 65.2 Å². The summed E-state index contributed by atoms with van der Waals surface area (Å²) in [5, 5.41) is 2.78. The van der Waals surface area contributed by atoms with Crippen LogP contribution in [-0.4, -0.2) is 18.4 Å². The zero-order chi connectivity index (χ0) is 15.9. The second-order valence-corrected chi connectivity index (χ2v) is 4.85. The Kier molecular flexibility index (Phi) is 5.14. The lowest BCUT2D eigenvalue weighted by atomic mass is 10.1. The van der Waals surface area contributed by atoms with Gasteiger partial charge in [0.1, 0.15) is 5.75 Å². The Morgan fingerprint density at radius 1 is 1.09 bits per heavy atom. The third-order valence-corrected chi connectivity index (χ3v) is 3.25. The van der Waals surface area contributed by atoms with E-state index in [4.69, 9.17) is 10.5 Å². The molecule has 2 amide bonds. The third kappa shape index (κ3) is 4.09. The molecule has 0 aliphatic heterocycles. The van der Waals surface area contributed by atoms with Gasteiger partial charge in [-0.3, -0.25) is 9.59 Å². The summed E-state index contributed by atoms with van der Waals surface area (Å²) >= 11 is 0. The minimum absolute atomic E-state index is 0.170. The van der Waals surface area contributed by atoms with Crippen molar-refractivity contribution in [1.82, 2.24) is 5.32 Å². The molecule has 22 heavy (non-hydrogen) atoms. The van der Waals surface area contributed by atoms with Gasteiger partial charge in [-0.05, 0) is 30.2 Å². The minimum Gasteiger partial charge on any atom is -0.483 e. The van der Waals surface area contributed by atoms with E-state index in [1.165, 1.54) is 0 Å². The van der Waals surface area contributed by atoms with E-state index in [0.29, 0.717) is 12.3 Å². The smallest absolute Gasteiger partial charge is 0.258 e. The van der Waals surface area contributed by atoms with Crippen molar-refractivity contribution in [2.75, 3.05) is 6.61 Å². The number of hydrogen-bond acceptors (Lipinski definition) is 3. The molecule has 0 radical (unpaired) electrons. The highest BCUT2D eigenvalue weighted by Gasteiger charge is 2.10. The quantitative estimate of drug-likeness (QED) is 0.853. The summed E-state index contributed by atoms with van der Waals surface area (Å²) in [6.07, 6.45) is 0. The van der Waals surface area contributed by atoms with Crippen LogP contribution in [0.5, 0.6) is 5.75 Å². The van der Waals surface area contributed by atoms with Gasteiger partial charge in [-0.2, -0.15) is 0 Å². The molecule has 0 saturated carbocycles. The summed E-state index contributed by atoms with van der Waals surface area (Å²) in [6, 6.07) is 14.4. The van der Waals surface area contributed by atoms with Crippen molar-refractivity contribution in [1.29, 1.82) is 0 Å². The van der Waals surface area contributed by atoms with Gasteiger partial charge in [0.25, 0.3) is 11.8 Å². The van der Waals surface area contributed by atoms with Crippen LogP contribution in [0.1, 0.15) is 21.5 Å². The number of primary amides is 1. The first-order valence-corrected chi connectivity index (χ1v) is 6.91. The molecule has 0 heterocycles. The van der Waals surface area contributed by atoms with Gasteiger partial charge in [0.05, 0.1) is 5.56 Å². The van der Waals surface area contributed by atoms with Gasteiger partial charge in [0, 0.05) is 6.54 Å².